The van der Waals surface area contributed by atoms with Gasteiger partial charge in [0.25, 0.3) is 5.91 Å². The molecule has 0 aliphatic carbocycles. The van der Waals surface area contributed by atoms with Crippen molar-refractivity contribution in [3.63, 3.8) is 0 Å². The van der Waals surface area contributed by atoms with Gasteiger partial charge in [-0.3, -0.25) is 14.7 Å². The van der Waals surface area contributed by atoms with Gasteiger partial charge in [-0.15, -0.1) is 0 Å². The zero-order valence-electron chi connectivity index (χ0n) is 14.2. The van der Waals surface area contributed by atoms with Gasteiger partial charge in [0, 0.05) is 18.2 Å². The van der Waals surface area contributed by atoms with E-state index in [2.05, 4.69) is 15.5 Å². The van der Waals surface area contributed by atoms with E-state index in [0.29, 0.717) is 11.3 Å². The van der Waals surface area contributed by atoms with Crippen LogP contribution in [0.1, 0.15) is 31.3 Å². The Kier molecular flexibility index (Phi) is 5.02. The number of carbonyl (C=O) groups excluding carboxylic acids is 2. The van der Waals surface area contributed by atoms with Crippen LogP contribution < -0.4 is 5.32 Å². The molecular formula is C17H21FN4O2. The molecule has 2 amide bonds. The lowest BCUT2D eigenvalue weighted by molar-refractivity contribution is -0.122. The number of likely N-dealkylation sites (N-methyl/N-ethyl adjacent to an activating group) is 1. The summed E-state index contributed by atoms with van der Waals surface area (Å²) in [5, 5.41) is 9.52. The van der Waals surface area contributed by atoms with Crippen molar-refractivity contribution in [3.05, 3.63) is 41.8 Å². The Balaban J connectivity index is 2.05. The lowest BCUT2D eigenvalue weighted by Crippen LogP contribution is -2.46. The van der Waals surface area contributed by atoms with Crippen LogP contribution in [0.25, 0.3) is 11.3 Å². The molecular weight excluding hydrogens is 311 g/mol. The third-order valence-electron chi connectivity index (χ3n) is 3.19. The van der Waals surface area contributed by atoms with Crippen LogP contribution in [-0.2, 0) is 4.79 Å². The summed E-state index contributed by atoms with van der Waals surface area (Å²) in [6, 6.07) is 7.40. The molecule has 1 aromatic heterocycles. The zero-order chi connectivity index (χ0) is 17.9. The van der Waals surface area contributed by atoms with E-state index < -0.39 is 0 Å². The van der Waals surface area contributed by atoms with Crippen LogP contribution >= 0.6 is 0 Å². The molecule has 0 fully saturated rings. The summed E-state index contributed by atoms with van der Waals surface area (Å²) >= 11 is 0. The van der Waals surface area contributed by atoms with Crippen LogP contribution in [-0.4, -0.2) is 46.0 Å². The third-order valence-corrected chi connectivity index (χ3v) is 3.19. The first-order chi connectivity index (χ1) is 11.2. The fraction of sp³-hybridized carbons (Fsp3) is 0.353. The average Bonchev–Trinajstić information content (AvgIpc) is 2.94. The summed E-state index contributed by atoms with van der Waals surface area (Å²) in [6.45, 7) is 5.56. The number of carbonyl (C=O) groups is 2. The van der Waals surface area contributed by atoms with Crippen LogP contribution in [0.4, 0.5) is 4.39 Å². The smallest absolute Gasteiger partial charge is 0.272 e. The van der Waals surface area contributed by atoms with Crippen LogP contribution in [0.5, 0.6) is 0 Å². The number of benzene rings is 1. The van der Waals surface area contributed by atoms with E-state index in [1.165, 1.54) is 17.0 Å². The molecule has 2 aromatic rings. The van der Waals surface area contributed by atoms with Crippen LogP contribution in [0, 0.1) is 5.82 Å². The molecule has 0 unspecified atom stereocenters. The van der Waals surface area contributed by atoms with Gasteiger partial charge in [-0.2, -0.15) is 5.10 Å². The highest BCUT2D eigenvalue weighted by atomic mass is 19.1. The average molecular weight is 332 g/mol. The van der Waals surface area contributed by atoms with Crippen molar-refractivity contribution in [2.75, 3.05) is 13.6 Å². The Morgan fingerprint density at radius 3 is 2.46 bits per heavy atom. The Hall–Kier alpha value is -2.70. The van der Waals surface area contributed by atoms with Gasteiger partial charge < -0.3 is 10.2 Å². The number of hydrogen-bond donors (Lipinski definition) is 2. The van der Waals surface area contributed by atoms with E-state index >= 15 is 0 Å². The number of H-pyrrole nitrogens is 1. The van der Waals surface area contributed by atoms with Crippen molar-refractivity contribution in [3.8, 4) is 11.3 Å². The van der Waals surface area contributed by atoms with Gasteiger partial charge in [-0.1, -0.05) is 0 Å². The molecule has 0 saturated carbocycles. The van der Waals surface area contributed by atoms with Crippen LogP contribution in [0.2, 0.25) is 0 Å². The van der Waals surface area contributed by atoms with Crippen molar-refractivity contribution in [2.24, 2.45) is 0 Å². The number of amides is 2. The van der Waals surface area contributed by atoms with Crippen molar-refractivity contribution < 1.29 is 14.0 Å². The molecule has 0 aliphatic heterocycles. The summed E-state index contributed by atoms with van der Waals surface area (Å²) in [6.07, 6.45) is 0. The standard InChI is InChI=1S/C17H21FN4O2/c1-17(2,3)19-15(23)10-22(4)16(24)14-9-13(20-21-14)11-5-7-12(18)8-6-11/h5-9H,10H2,1-4H3,(H,19,23)(H,20,21). The summed E-state index contributed by atoms with van der Waals surface area (Å²) in [5.74, 6) is -0.924. The number of aromatic nitrogens is 2. The quantitative estimate of drug-likeness (QED) is 0.901. The molecule has 2 rings (SSSR count). The van der Waals surface area contributed by atoms with Crippen molar-refractivity contribution in [1.29, 1.82) is 0 Å². The maximum absolute atomic E-state index is 13.0. The number of aromatic amines is 1. The maximum atomic E-state index is 13.0. The maximum Gasteiger partial charge on any atom is 0.272 e. The van der Waals surface area contributed by atoms with Crippen LogP contribution in [0.15, 0.2) is 30.3 Å². The highest BCUT2D eigenvalue weighted by Gasteiger charge is 2.20. The van der Waals surface area contributed by atoms with Gasteiger partial charge >= 0.3 is 0 Å². The first-order valence-corrected chi connectivity index (χ1v) is 7.53. The molecule has 0 saturated heterocycles. The topological polar surface area (TPSA) is 78.1 Å². The summed E-state index contributed by atoms with van der Waals surface area (Å²) in [5.41, 5.74) is 1.14. The number of nitrogens with one attached hydrogen (secondary N) is 2. The summed E-state index contributed by atoms with van der Waals surface area (Å²) in [7, 11) is 1.54. The van der Waals surface area contributed by atoms with E-state index in [1.54, 1.807) is 25.2 Å². The predicted molar refractivity (Wildman–Crippen MR) is 88.8 cm³/mol. The van der Waals surface area contributed by atoms with Gasteiger partial charge in [0.2, 0.25) is 5.91 Å². The molecule has 1 heterocycles. The lowest BCUT2D eigenvalue weighted by Gasteiger charge is -2.23. The van der Waals surface area contributed by atoms with Crippen molar-refractivity contribution >= 4 is 11.8 Å². The SMILES string of the molecule is CN(CC(=O)NC(C)(C)C)C(=O)c1cc(-c2ccc(F)cc2)n[nH]1. The van der Waals surface area contributed by atoms with E-state index in [1.807, 2.05) is 20.8 Å². The molecule has 0 bridgehead atoms. The molecule has 128 valence electrons. The van der Waals surface area contributed by atoms with Crippen molar-refractivity contribution in [2.45, 2.75) is 26.3 Å². The van der Waals surface area contributed by atoms with Gasteiger partial charge in [0.05, 0.1) is 12.2 Å². The molecule has 7 heteroatoms. The van der Waals surface area contributed by atoms with E-state index in [9.17, 15) is 14.0 Å². The molecule has 0 radical (unpaired) electrons. The number of nitrogens with zero attached hydrogens (tertiary/aromatic N) is 2. The Morgan fingerprint density at radius 2 is 1.88 bits per heavy atom. The second-order valence-corrected chi connectivity index (χ2v) is 6.63. The minimum Gasteiger partial charge on any atom is -0.350 e. The molecule has 2 N–H and O–H groups in total. The van der Waals surface area contributed by atoms with Gasteiger partial charge in [0.15, 0.2) is 0 Å². The van der Waals surface area contributed by atoms with Gasteiger partial charge in [-0.25, -0.2) is 4.39 Å². The number of halogens is 1. The monoisotopic (exact) mass is 332 g/mol. The fourth-order valence-corrected chi connectivity index (χ4v) is 2.15. The lowest BCUT2D eigenvalue weighted by atomic mass is 10.1. The number of rotatable bonds is 4. The molecule has 1 aromatic carbocycles. The minimum absolute atomic E-state index is 0.0546. The molecule has 24 heavy (non-hydrogen) atoms. The highest BCUT2D eigenvalue weighted by molar-refractivity contribution is 5.95. The third kappa shape index (κ3) is 4.65. The summed E-state index contributed by atoms with van der Waals surface area (Å²) in [4.78, 5) is 25.6. The van der Waals surface area contributed by atoms with E-state index in [4.69, 9.17) is 0 Å². The zero-order valence-corrected chi connectivity index (χ0v) is 14.2. The van der Waals surface area contributed by atoms with Gasteiger partial charge in [0.1, 0.15) is 11.5 Å². The normalized spacial score (nSPS) is 11.2. The van der Waals surface area contributed by atoms with Crippen molar-refractivity contribution in [1.82, 2.24) is 20.4 Å². The predicted octanol–water partition coefficient (Wildman–Crippen LogP) is 2.20. The minimum atomic E-state index is -0.356. The summed E-state index contributed by atoms with van der Waals surface area (Å²) < 4.78 is 13.0. The van der Waals surface area contributed by atoms with Gasteiger partial charge in [-0.05, 0) is 51.1 Å². The first-order valence-electron chi connectivity index (χ1n) is 7.53. The molecule has 6 nitrogen and oxygen atoms in total. The molecule has 0 aliphatic rings. The Labute approximate surface area is 140 Å². The highest BCUT2D eigenvalue weighted by Crippen LogP contribution is 2.18. The largest absolute Gasteiger partial charge is 0.350 e. The van der Waals surface area contributed by atoms with E-state index in [-0.39, 0.29) is 35.4 Å². The molecule has 0 spiro atoms. The first kappa shape index (κ1) is 17.7. The second-order valence-electron chi connectivity index (χ2n) is 6.63. The Morgan fingerprint density at radius 1 is 1.25 bits per heavy atom. The van der Waals surface area contributed by atoms with Crippen LogP contribution in [0.3, 0.4) is 0 Å². The fourth-order valence-electron chi connectivity index (χ4n) is 2.15. The molecule has 0 atom stereocenters. The van der Waals surface area contributed by atoms with E-state index in [0.717, 1.165) is 0 Å². The second kappa shape index (κ2) is 6.82. The Bertz CT molecular complexity index is 732. The number of hydrogen-bond acceptors (Lipinski definition) is 3.